The number of aryl methyl sites for hydroxylation is 1. The summed E-state index contributed by atoms with van der Waals surface area (Å²) in [7, 11) is 0. The van der Waals surface area contributed by atoms with Gasteiger partial charge in [0.05, 0.1) is 5.56 Å². The Morgan fingerprint density at radius 2 is 2.10 bits per heavy atom. The molecule has 2 rings (SSSR count). The number of esters is 1. The molecule has 0 aliphatic carbocycles. The lowest BCUT2D eigenvalue weighted by Gasteiger charge is -2.12. The van der Waals surface area contributed by atoms with Crippen LogP contribution in [-0.4, -0.2) is 11.0 Å². The van der Waals surface area contributed by atoms with E-state index in [0.717, 1.165) is 5.56 Å². The van der Waals surface area contributed by atoms with Crippen LogP contribution in [-0.2, 0) is 4.74 Å². The van der Waals surface area contributed by atoms with Crippen molar-refractivity contribution < 1.29 is 9.53 Å². The minimum absolute atomic E-state index is 0.351. The maximum atomic E-state index is 12.1. The highest BCUT2D eigenvalue weighted by molar-refractivity contribution is 9.10. The topological polar surface area (TPSA) is 63.0 Å². The third kappa shape index (κ3) is 3.22. The van der Waals surface area contributed by atoms with Gasteiger partial charge in [0.25, 0.3) is 0 Å². The molecule has 1 aromatic carbocycles. The molecule has 0 radical (unpaired) electrons. The summed E-state index contributed by atoms with van der Waals surface area (Å²) in [5, 5.41) is 9.14. The van der Waals surface area contributed by atoms with Crippen LogP contribution in [0.3, 0.4) is 0 Å². The van der Waals surface area contributed by atoms with Gasteiger partial charge in [-0.2, -0.15) is 5.26 Å². The van der Waals surface area contributed by atoms with E-state index in [1.807, 2.05) is 12.1 Å². The number of rotatable bonds is 3. The highest BCUT2D eigenvalue weighted by Crippen LogP contribution is 2.20. The molecule has 0 N–H and O–H groups in total. The average molecular weight is 331 g/mol. The molecule has 1 unspecified atom stereocenters. The SMILES string of the molecule is Cc1cc(Br)ncc1C(=O)OC(C#N)c1ccccc1. The number of nitriles is 1. The van der Waals surface area contributed by atoms with Gasteiger partial charge in [0.1, 0.15) is 10.7 Å². The zero-order valence-electron chi connectivity index (χ0n) is 10.7. The molecule has 0 aliphatic heterocycles. The van der Waals surface area contributed by atoms with E-state index in [4.69, 9.17) is 10.00 Å². The zero-order chi connectivity index (χ0) is 14.5. The second-order valence-electron chi connectivity index (χ2n) is 4.15. The summed E-state index contributed by atoms with van der Waals surface area (Å²) in [6.07, 6.45) is 0.507. The summed E-state index contributed by atoms with van der Waals surface area (Å²) in [5.41, 5.74) is 1.73. The molecule has 0 bridgehead atoms. The van der Waals surface area contributed by atoms with E-state index >= 15 is 0 Å². The number of halogens is 1. The van der Waals surface area contributed by atoms with Gasteiger partial charge in [0.2, 0.25) is 6.10 Å². The number of hydrogen-bond acceptors (Lipinski definition) is 4. The van der Waals surface area contributed by atoms with Gasteiger partial charge in [-0.15, -0.1) is 0 Å². The molecule has 0 aliphatic rings. The molecular weight excluding hydrogens is 320 g/mol. The Labute approximate surface area is 125 Å². The smallest absolute Gasteiger partial charge is 0.341 e. The number of carbonyl (C=O) groups is 1. The Morgan fingerprint density at radius 1 is 1.40 bits per heavy atom. The van der Waals surface area contributed by atoms with Gasteiger partial charge < -0.3 is 4.74 Å². The molecule has 0 spiro atoms. The molecule has 1 aromatic heterocycles. The maximum absolute atomic E-state index is 12.1. The van der Waals surface area contributed by atoms with Crippen LogP contribution in [0.15, 0.2) is 47.2 Å². The number of benzene rings is 1. The first-order valence-corrected chi connectivity index (χ1v) is 6.69. The first-order valence-electron chi connectivity index (χ1n) is 5.89. The van der Waals surface area contributed by atoms with E-state index in [-0.39, 0.29) is 0 Å². The lowest BCUT2D eigenvalue weighted by Crippen LogP contribution is -2.12. The lowest BCUT2D eigenvalue weighted by molar-refractivity contribution is 0.0403. The van der Waals surface area contributed by atoms with Crippen LogP contribution < -0.4 is 0 Å². The van der Waals surface area contributed by atoms with Crippen molar-refractivity contribution in [3.05, 3.63) is 63.9 Å². The third-order valence-electron chi connectivity index (χ3n) is 2.74. The average Bonchev–Trinajstić information content (AvgIpc) is 2.45. The molecule has 0 fully saturated rings. The summed E-state index contributed by atoms with van der Waals surface area (Å²) in [6, 6.07) is 12.6. The zero-order valence-corrected chi connectivity index (χ0v) is 12.3. The number of ether oxygens (including phenoxy) is 1. The second-order valence-corrected chi connectivity index (χ2v) is 4.96. The van der Waals surface area contributed by atoms with E-state index in [1.165, 1.54) is 6.20 Å². The van der Waals surface area contributed by atoms with Gasteiger partial charge in [-0.25, -0.2) is 9.78 Å². The molecule has 1 atom stereocenters. The monoisotopic (exact) mass is 330 g/mol. The van der Waals surface area contributed by atoms with Crippen LogP contribution in [0.4, 0.5) is 0 Å². The van der Waals surface area contributed by atoms with Gasteiger partial charge >= 0.3 is 5.97 Å². The van der Waals surface area contributed by atoms with Crippen LogP contribution in [0, 0.1) is 18.3 Å². The molecule has 0 saturated heterocycles. The Hall–Kier alpha value is -2.19. The Kier molecular flexibility index (Phi) is 4.49. The van der Waals surface area contributed by atoms with Crippen molar-refractivity contribution in [3.63, 3.8) is 0 Å². The highest BCUT2D eigenvalue weighted by Gasteiger charge is 2.19. The second kappa shape index (κ2) is 6.31. The van der Waals surface area contributed by atoms with Crippen molar-refractivity contribution in [1.82, 2.24) is 4.98 Å². The van der Waals surface area contributed by atoms with Gasteiger partial charge in [-0.05, 0) is 34.5 Å². The maximum Gasteiger partial charge on any atom is 0.341 e. The fourth-order valence-corrected chi connectivity index (χ4v) is 2.15. The van der Waals surface area contributed by atoms with Crippen LogP contribution in [0.1, 0.15) is 27.6 Å². The number of carbonyl (C=O) groups excluding carboxylic acids is 1. The molecule has 0 amide bonds. The minimum Gasteiger partial charge on any atom is -0.438 e. The fourth-order valence-electron chi connectivity index (χ4n) is 1.70. The molecule has 20 heavy (non-hydrogen) atoms. The van der Waals surface area contributed by atoms with Gasteiger partial charge in [0, 0.05) is 11.8 Å². The summed E-state index contributed by atoms with van der Waals surface area (Å²) in [6.45, 7) is 1.78. The number of hydrogen-bond donors (Lipinski definition) is 0. The molecule has 2 aromatic rings. The summed E-state index contributed by atoms with van der Waals surface area (Å²) in [4.78, 5) is 16.1. The number of pyridine rings is 1. The summed E-state index contributed by atoms with van der Waals surface area (Å²) in [5.74, 6) is -0.557. The fraction of sp³-hybridized carbons (Fsp3) is 0.133. The molecule has 1 heterocycles. The van der Waals surface area contributed by atoms with E-state index < -0.39 is 12.1 Å². The predicted molar refractivity (Wildman–Crippen MR) is 76.9 cm³/mol. The Morgan fingerprint density at radius 3 is 2.70 bits per heavy atom. The minimum atomic E-state index is -0.924. The van der Waals surface area contributed by atoms with Gasteiger partial charge in [0.15, 0.2) is 0 Å². The van der Waals surface area contributed by atoms with Gasteiger partial charge in [-0.3, -0.25) is 0 Å². The number of nitrogens with zero attached hydrogens (tertiary/aromatic N) is 2. The van der Waals surface area contributed by atoms with Crippen molar-refractivity contribution in [2.24, 2.45) is 0 Å². The van der Waals surface area contributed by atoms with Crippen molar-refractivity contribution in [2.45, 2.75) is 13.0 Å². The van der Waals surface area contributed by atoms with E-state index in [0.29, 0.717) is 15.7 Å². The Balaban J connectivity index is 2.20. The van der Waals surface area contributed by atoms with Crippen molar-refractivity contribution in [3.8, 4) is 6.07 Å². The Bertz CT molecular complexity index is 665. The third-order valence-corrected chi connectivity index (χ3v) is 3.18. The van der Waals surface area contributed by atoms with Crippen molar-refractivity contribution in [2.75, 3.05) is 0 Å². The lowest BCUT2D eigenvalue weighted by atomic mass is 10.1. The summed E-state index contributed by atoms with van der Waals surface area (Å²) >= 11 is 3.23. The van der Waals surface area contributed by atoms with E-state index in [2.05, 4.69) is 20.9 Å². The highest BCUT2D eigenvalue weighted by atomic mass is 79.9. The van der Waals surface area contributed by atoms with Crippen LogP contribution >= 0.6 is 15.9 Å². The van der Waals surface area contributed by atoms with Gasteiger partial charge in [-0.1, -0.05) is 30.3 Å². The molecule has 4 nitrogen and oxygen atoms in total. The first-order chi connectivity index (χ1) is 9.61. The number of aromatic nitrogens is 1. The van der Waals surface area contributed by atoms with Crippen molar-refractivity contribution in [1.29, 1.82) is 5.26 Å². The van der Waals surface area contributed by atoms with Crippen LogP contribution in [0.25, 0.3) is 0 Å². The molecule has 100 valence electrons. The largest absolute Gasteiger partial charge is 0.438 e. The van der Waals surface area contributed by atoms with E-state index in [1.54, 1.807) is 37.3 Å². The van der Waals surface area contributed by atoms with Crippen molar-refractivity contribution >= 4 is 21.9 Å². The van der Waals surface area contributed by atoms with Crippen LogP contribution in [0.5, 0.6) is 0 Å². The normalized spacial score (nSPS) is 11.4. The standard InChI is InChI=1S/C15H11BrN2O2/c1-10-7-14(16)18-9-12(10)15(19)20-13(8-17)11-5-3-2-4-6-11/h2-7,9,13H,1H3. The summed E-state index contributed by atoms with van der Waals surface area (Å²) < 4.78 is 5.88. The molecule has 5 heteroatoms. The van der Waals surface area contributed by atoms with Crippen LogP contribution in [0.2, 0.25) is 0 Å². The van der Waals surface area contributed by atoms with E-state index in [9.17, 15) is 4.79 Å². The predicted octanol–water partition coefficient (Wildman–Crippen LogP) is 3.57. The first kappa shape index (κ1) is 14.2. The quantitative estimate of drug-likeness (QED) is 0.637. The molecule has 0 saturated carbocycles. The molecular formula is C15H11BrN2O2.